The van der Waals surface area contributed by atoms with Gasteiger partial charge in [0.2, 0.25) is 5.82 Å². The van der Waals surface area contributed by atoms with Gasteiger partial charge in [-0.15, -0.1) is 5.10 Å². The second kappa shape index (κ2) is 5.60. The van der Waals surface area contributed by atoms with E-state index in [1.807, 2.05) is 0 Å². The Labute approximate surface area is 97.8 Å². The van der Waals surface area contributed by atoms with Gasteiger partial charge >= 0.3 is 5.69 Å². The normalized spacial score (nSPS) is 10.9. The maximum Gasteiger partial charge on any atom is 0.346 e. The Hall–Kier alpha value is -1.67. The average molecular weight is 244 g/mol. The summed E-state index contributed by atoms with van der Waals surface area (Å²) in [5.41, 5.74) is -0.963. The molecule has 0 aromatic carbocycles. The van der Waals surface area contributed by atoms with Gasteiger partial charge in [-0.1, -0.05) is 0 Å². The number of anilines is 1. The summed E-state index contributed by atoms with van der Waals surface area (Å²) >= 11 is 0. The van der Waals surface area contributed by atoms with Crippen LogP contribution in [-0.2, 0) is 23.6 Å². The Morgan fingerprint density at radius 3 is 2.41 bits per heavy atom. The summed E-state index contributed by atoms with van der Waals surface area (Å²) in [6, 6.07) is 0. The van der Waals surface area contributed by atoms with E-state index in [2.05, 4.69) is 10.4 Å². The van der Waals surface area contributed by atoms with Gasteiger partial charge in [-0.3, -0.25) is 9.36 Å². The molecule has 1 aromatic rings. The van der Waals surface area contributed by atoms with E-state index >= 15 is 0 Å². The van der Waals surface area contributed by atoms with Crippen molar-refractivity contribution in [3.05, 3.63) is 20.8 Å². The molecule has 0 saturated heterocycles. The van der Waals surface area contributed by atoms with E-state index in [-0.39, 0.29) is 12.4 Å². The van der Waals surface area contributed by atoms with E-state index in [0.717, 1.165) is 9.25 Å². The second-order valence-electron chi connectivity index (χ2n) is 3.40. The zero-order valence-corrected chi connectivity index (χ0v) is 10.3. The van der Waals surface area contributed by atoms with Gasteiger partial charge < -0.3 is 14.8 Å². The highest BCUT2D eigenvalue weighted by atomic mass is 16.7. The zero-order chi connectivity index (χ0) is 13.0. The third-order valence-corrected chi connectivity index (χ3v) is 2.28. The van der Waals surface area contributed by atoms with Gasteiger partial charge in [-0.25, -0.2) is 9.48 Å². The Bertz CT molecular complexity index is 489. The van der Waals surface area contributed by atoms with E-state index in [0.29, 0.717) is 0 Å². The van der Waals surface area contributed by atoms with Crippen molar-refractivity contribution >= 4 is 5.82 Å². The molecule has 0 atom stereocenters. The van der Waals surface area contributed by atoms with Crippen molar-refractivity contribution < 1.29 is 9.47 Å². The van der Waals surface area contributed by atoms with Crippen LogP contribution < -0.4 is 16.6 Å². The lowest BCUT2D eigenvalue weighted by Gasteiger charge is -2.14. The Morgan fingerprint density at radius 2 is 1.88 bits per heavy atom. The first kappa shape index (κ1) is 13.4. The van der Waals surface area contributed by atoms with Gasteiger partial charge in [0.05, 0.1) is 6.54 Å². The van der Waals surface area contributed by atoms with Crippen LogP contribution in [0.3, 0.4) is 0 Å². The van der Waals surface area contributed by atoms with E-state index in [1.165, 1.54) is 28.3 Å². The number of hydrogen-bond donors (Lipinski definition) is 1. The SMILES string of the molecule is COC(CNc1nn(C)c(=O)n(C)c1=O)OC. The summed E-state index contributed by atoms with van der Waals surface area (Å²) in [4.78, 5) is 23.1. The second-order valence-corrected chi connectivity index (χ2v) is 3.40. The number of aryl methyl sites for hydroxylation is 1. The standard InChI is InChI=1S/C9H16N4O4/c1-12-8(14)7(11-13(2)9(12)15)10-5-6(16-3)17-4/h6H,5H2,1-4H3,(H,10,11). The van der Waals surface area contributed by atoms with Crippen molar-refractivity contribution in [2.45, 2.75) is 6.29 Å². The van der Waals surface area contributed by atoms with Crippen molar-refractivity contribution in [1.29, 1.82) is 0 Å². The highest BCUT2D eigenvalue weighted by Gasteiger charge is 2.10. The Balaban J connectivity index is 2.93. The molecule has 0 saturated carbocycles. The van der Waals surface area contributed by atoms with Gasteiger partial charge in [0, 0.05) is 28.3 Å². The molecular formula is C9H16N4O4. The molecule has 8 heteroatoms. The summed E-state index contributed by atoms with van der Waals surface area (Å²) < 4.78 is 12.0. The molecule has 0 aliphatic rings. The average Bonchev–Trinajstić information content (AvgIpc) is 2.33. The molecule has 1 aromatic heterocycles. The van der Waals surface area contributed by atoms with Crippen molar-refractivity contribution in [3.63, 3.8) is 0 Å². The molecule has 0 aliphatic heterocycles. The molecule has 1 rings (SSSR count). The molecule has 0 unspecified atom stereocenters. The van der Waals surface area contributed by atoms with Crippen LogP contribution in [0.1, 0.15) is 0 Å². The maximum absolute atomic E-state index is 11.7. The third-order valence-electron chi connectivity index (χ3n) is 2.28. The molecule has 96 valence electrons. The van der Waals surface area contributed by atoms with E-state index in [1.54, 1.807) is 0 Å². The van der Waals surface area contributed by atoms with Crippen LogP contribution in [0, 0.1) is 0 Å². The molecule has 1 heterocycles. The number of aromatic nitrogens is 3. The zero-order valence-electron chi connectivity index (χ0n) is 10.3. The molecule has 8 nitrogen and oxygen atoms in total. The minimum atomic E-state index is -0.487. The summed E-state index contributed by atoms with van der Waals surface area (Å²) in [5, 5.41) is 6.59. The predicted octanol–water partition coefficient (Wildman–Crippen LogP) is -1.49. The summed E-state index contributed by atoms with van der Waals surface area (Å²) in [5.74, 6) is 0.0775. The monoisotopic (exact) mass is 244 g/mol. The number of nitrogens with one attached hydrogen (secondary N) is 1. The quantitative estimate of drug-likeness (QED) is 0.635. The van der Waals surface area contributed by atoms with E-state index < -0.39 is 17.5 Å². The summed E-state index contributed by atoms with van der Waals surface area (Å²) in [6.45, 7) is 0.257. The van der Waals surface area contributed by atoms with Gasteiger partial charge in [-0.05, 0) is 0 Å². The minimum Gasteiger partial charge on any atom is -0.359 e. The fraction of sp³-hybridized carbons (Fsp3) is 0.667. The molecule has 0 amide bonds. The highest BCUT2D eigenvalue weighted by molar-refractivity contribution is 5.29. The molecule has 0 spiro atoms. The van der Waals surface area contributed by atoms with Crippen LogP contribution in [-0.4, -0.2) is 41.4 Å². The lowest BCUT2D eigenvalue weighted by Crippen LogP contribution is -2.40. The van der Waals surface area contributed by atoms with E-state index in [9.17, 15) is 9.59 Å². The van der Waals surface area contributed by atoms with Crippen LogP contribution >= 0.6 is 0 Å². The summed E-state index contributed by atoms with van der Waals surface area (Å²) in [7, 11) is 5.84. The first-order valence-corrected chi connectivity index (χ1v) is 4.95. The van der Waals surface area contributed by atoms with Crippen LogP contribution in [0.2, 0.25) is 0 Å². The number of nitrogens with zero attached hydrogens (tertiary/aromatic N) is 3. The Kier molecular flexibility index (Phi) is 4.41. The lowest BCUT2D eigenvalue weighted by atomic mass is 10.5. The third kappa shape index (κ3) is 2.92. The first-order valence-electron chi connectivity index (χ1n) is 4.95. The van der Waals surface area contributed by atoms with Gasteiger partial charge in [0.1, 0.15) is 0 Å². The van der Waals surface area contributed by atoms with Crippen molar-refractivity contribution in [2.24, 2.45) is 14.1 Å². The minimum absolute atomic E-state index is 0.0775. The smallest absolute Gasteiger partial charge is 0.346 e. The van der Waals surface area contributed by atoms with Gasteiger partial charge in [-0.2, -0.15) is 0 Å². The molecule has 0 aliphatic carbocycles. The van der Waals surface area contributed by atoms with Crippen molar-refractivity contribution in [3.8, 4) is 0 Å². The number of methoxy groups -OCH3 is 2. The number of rotatable bonds is 5. The largest absolute Gasteiger partial charge is 0.359 e. The predicted molar refractivity (Wildman–Crippen MR) is 61.0 cm³/mol. The maximum atomic E-state index is 11.7. The van der Waals surface area contributed by atoms with Gasteiger partial charge in [0.25, 0.3) is 5.56 Å². The highest BCUT2D eigenvalue weighted by Crippen LogP contribution is 1.94. The Morgan fingerprint density at radius 1 is 1.29 bits per heavy atom. The van der Waals surface area contributed by atoms with Crippen LogP contribution in [0.5, 0.6) is 0 Å². The molecule has 0 fully saturated rings. The molecule has 0 bridgehead atoms. The molecular weight excluding hydrogens is 228 g/mol. The fourth-order valence-corrected chi connectivity index (χ4v) is 1.25. The fourth-order valence-electron chi connectivity index (χ4n) is 1.25. The number of hydrogen-bond acceptors (Lipinski definition) is 6. The van der Waals surface area contributed by atoms with E-state index in [4.69, 9.17) is 9.47 Å². The molecule has 1 N–H and O–H groups in total. The van der Waals surface area contributed by atoms with Crippen molar-refractivity contribution in [2.75, 3.05) is 26.1 Å². The number of ether oxygens (including phenoxy) is 2. The molecule has 17 heavy (non-hydrogen) atoms. The van der Waals surface area contributed by atoms with Crippen LogP contribution in [0.15, 0.2) is 9.59 Å². The lowest BCUT2D eigenvalue weighted by molar-refractivity contribution is -0.0914. The van der Waals surface area contributed by atoms with Crippen LogP contribution in [0.25, 0.3) is 0 Å². The molecule has 0 radical (unpaired) electrons. The van der Waals surface area contributed by atoms with Crippen molar-refractivity contribution in [1.82, 2.24) is 14.3 Å². The van der Waals surface area contributed by atoms with Gasteiger partial charge in [0.15, 0.2) is 6.29 Å². The topological polar surface area (TPSA) is 87.4 Å². The van der Waals surface area contributed by atoms with Crippen LogP contribution in [0.4, 0.5) is 5.82 Å². The first-order chi connectivity index (χ1) is 8.01. The summed E-state index contributed by atoms with van der Waals surface area (Å²) in [6.07, 6.45) is -0.487.